The second-order valence-electron chi connectivity index (χ2n) is 3.39. The normalized spacial score (nSPS) is 11.6. The fourth-order valence-corrected chi connectivity index (χ4v) is 1.35. The summed E-state index contributed by atoms with van der Waals surface area (Å²) in [5, 5.41) is 2.53. The Hall–Kier alpha value is -2.04. The molecule has 5 heteroatoms. The molecule has 0 amide bonds. The van der Waals surface area contributed by atoms with Crippen molar-refractivity contribution in [3.63, 3.8) is 0 Å². The number of carbonyl (C=O) groups is 2. The summed E-state index contributed by atoms with van der Waals surface area (Å²) in [6.07, 6.45) is -0.00391. The van der Waals surface area contributed by atoms with Gasteiger partial charge < -0.3 is 4.74 Å². The summed E-state index contributed by atoms with van der Waals surface area (Å²) in [5.41, 5.74) is 0.732. The highest BCUT2D eigenvalue weighted by Gasteiger charge is 2.28. The van der Waals surface area contributed by atoms with Crippen LogP contribution in [-0.2, 0) is 20.7 Å². The van der Waals surface area contributed by atoms with Gasteiger partial charge >= 0.3 is 5.97 Å². The lowest BCUT2D eigenvalue weighted by Gasteiger charge is -2.07. The average molecular weight is 235 g/mol. The fourth-order valence-electron chi connectivity index (χ4n) is 1.35. The van der Waals surface area contributed by atoms with E-state index in [4.69, 9.17) is 0 Å². The van der Waals surface area contributed by atoms with Crippen LogP contribution in [0.2, 0.25) is 0 Å². The summed E-state index contributed by atoms with van der Waals surface area (Å²) in [5.74, 6) is -1.44. The molecule has 0 fully saturated rings. The van der Waals surface area contributed by atoms with Crippen molar-refractivity contribution in [2.75, 3.05) is 6.61 Å². The van der Waals surface area contributed by atoms with E-state index in [1.54, 1.807) is 31.2 Å². The zero-order valence-corrected chi connectivity index (χ0v) is 9.46. The molecule has 0 radical (unpaired) electrons. The van der Waals surface area contributed by atoms with Crippen LogP contribution in [0.15, 0.2) is 35.5 Å². The number of Topliss-reactive ketones (excluding diaryl/α,β-unsaturated/α-hetero) is 1. The van der Waals surface area contributed by atoms with E-state index >= 15 is 0 Å². The van der Waals surface area contributed by atoms with E-state index < -0.39 is 17.8 Å². The van der Waals surface area contributed by atoms with Gasteiger partial charge in [0.1, 0.15) is 0 Å². The first-order valence-electron chi connectivity index (χ1n) is 5.24. The maximum Gasteiger partial charge on any atom is 0.342 e. The number of benzene rings is 1. The Kier molecular flexibility index (Phi) is 5.00. The number of nitrogens with zero attached hydrogens (tertiary/aromatic N) is 1. The molecule has 1 aromatic carbocycles. The van der Waals surface area contributed by atoms with Crippen molar-refractivity contribution >= 4 is 11.8 Å². The molecule has 0 aliphatic rings. The smallest absolute Gasteiger partial charge is 0.342 e. The molecule has 17 heavy (non-hydrogen) atoms. The maximum absolute atomic E-state index is 11.7. The topological polar surface area (TPSA) is 72.8 Å². The van der Waals surface area contributed by atoms with Gasteiger partial charge in [0.25, 0.3) is 0 Å². The first-order valence-corrected chi connectivity index (χ1v) is 5.24. The molecule has 0 heterocycles. The van der Waals surface area contributed by atoms with Crippen molar-refractivity contribution in [3.05, 3.63) is 40.8 Å². The zero-order valence-electron chi connectivity index (χ0n) is 9.46. The van der Waals surface area contributed by atoms with Gasteiger partial charge in [-0.2, -0.15) is 0 Å². The molecule has 0 bridgehead atoms. The van der Waals surface area contributed by atoms with Gasteiger partial charge in [0.2, 0.25) is 6.04 Å². The number of hydrogen-bond donors (Lipinski definition) is 0. The zero-order chi connectivity index (χ0) is 12.7. The van der Waals surface area contributed by atoms with Crippen molar-refractivity contribution in [1.29, 1.82) is 0 Å². The average Bonchev–Trinajstić information content (AvgIpc) is 2.31. The number of carbonyl (C=O) groups excluding carboxylic acids is 2. The molecule has 0 N–H and O–H groups in total. The lowest BCUT2D eigenvalue weighted by Crippen LogP contribution is -2.31. The molecule has 0 aliphatic heterocycles. The van der Waals surface area contributed by atoms with E-state index in [1.807, 2.05) is 6.07 Å². The SMILES string of the molecule is CCOC(=O)C(N=O)C(=O)Cc1ccccc1. The predicted octanol–water partition coefficient (Wildman–Crippen LogP) is 1.50. The third-order valence-corrected chi connectivity index (χ3v) is 2.14. The van der Waals surface area contributed by atoms with Crippen molar-refractivity contribution in [1.82, 2.24) is 0 Å². The Balaban J connectivity index is 2.68. The number of hydrogen-bond acceptors (Lipinski definition) is 5. The highest BCUT2D eigenvalue weighted by Crippen LogP contribution is 2.05. The minimum atomic E-state index is -1.56. The summed E-state index contributed by atoms with van der Waals surface area (Å²) in [6, 6.07) is 7.28. The first kappa shape index (κ1) is 13.0. The largest absolute Gasteiger partial charge is 0.464 e. The molecule has 1 atom stereocenters. The molecule has 0 spiro atoms. The Labute approximate surface area is 98.8 Å². The van der Waals surface area contributed by atoms with Gasteiger partial charge in [0.15, 0.2) is 5.78 Å². The van der Waals surface area contributed by atoms with Gasteiger partial charge in [-0.15, -0.1) is 4.91 Å². The summed E-state index contributed by atoms with van der Waals surface area (Å²) in [7, 11) is 0. The number of esters is 1. The van der Waals surface area contributed by atoms with Gasteiger partial charge in [-0.05, 0) is 17.7 Å². The van der Waals surface area contributed by atoms with Gasteiger partial charge in [0, 0.05) is 6.42 Å². The van der Waals surface area contributed by atoms with Crippen molar-refractivity contribution in [2.45, 2.75) is 19.4 Å². The van der Waals surface area contributed by atoms with Crippen LogP contribution >= 0.6 is 0 Å². The lowest BCUT2D eigenvalue weighted by atomic mass is 10.0. The van der Waals surface area contributed by atoms with Crippen LogP contribution in [0.1, 0.15) is 12.5 Å². The van der Waals surface area contributed by atoms with Crippen LogP contribution < -0.4 is 0 Å². The molecular formula is C12H13NO4. The fraction of sp³-hybridized carbons (Fsp3) is 0.333. The van der Waals surface area contributed by atoms with E-state index in [0.29, 0.717) is 0 Å². The van der Waals surface area contributed by atoms with E-state index in [2.05, 4.69) is 9.91 Å². The lowest BCUT2D eigenvalue weighted by molar-refractivity contribution is -0.147. The van der Waals surface area contributed by atoms with Gasteiger partial charge in [-0.25, -0.2) is 4.79 Å². The number of ketones is 1. The Morgan fingerprint density at radius 3 is 2.47 bits per heavy atom. The summed E-state index contributed by atoms with van der Waals surface area (Å²) in [4.78, 5) is 33.4. The molecule has 1 unspecified atom stereocenters. The van der Waals surface area contributed by atoms with Gasteiger partial charge in [-0.3, -0.25) is 4.79 Å². The second-order valence-corrected chi connectivity index (χ2v) is 3.39. The molecule has 5 nitrogen and oxygen atoms in total. The molecule has 0 aromatic heterocycles. The molecule has 0 saturated heterocycles. The number of nitroso groups, excluding NO2 is 1. The maximum atomic E-state index is 11.7. The predicted molar refractivity (Wildman–Crippen MR) is 61.4 cm³/mol. The first-order chi connectivity index (χ1) is 8.19. The van der Waals surface area contributed by atoms with Crippen molar-refractivity contribution < 1.29 is 14.3 Å². The molecular weight excluding hydrogens is 222 g/mol. The third kappa shape index (κ3) is 3.79. The quantitative estimate of drug-likeness (QED) is 0.425. The van der Waals surface area contributed by atoms with Crippen molar-refractivity contribution in [3.8, 4) is 0 Å². The standard InChI is InChI=1S/C12H13NO4/c1-2-17-12(15)11(13-16)10(14)8-9-6-4-3-5-7-9/h3-7,11H,2,8H2,1H3. The van der Waals surface area contributed by atoms with Gasteiger partial charge in [0.05, 0.1) is 6.61 Å². The van der Waals surface area contributed by atoms with Crippen LogP contribution in [0.5, 0.6) is 0 Å². The van der Waals surface area contributed by atoms with Crippen LogP contribution in [0.3, 0.4) is 0 Å². The highest BCUT2D eigenvalue weighted by atomic mass is 16.5. The summed E-state index contributed by atoms with van der Waals surface area (Å²) < 4.78 is 4.60. The molecule has 1 aromatic rings. The van der Waals surface area contributed by atoms with Crippen LogP contribution in [0, 0.1) is 4.91 Å². The van der Waals surface area contributed by atoms with Crippen LogP contribution in [0.25, 0.3) is 0 Å². The Bertz CT molecular complexity index is 402. The van der Waals surface area contributed by atoms with E-state index in [-0.39, 0.29) is 13.0 Å². The number of ether oxygens (including phenoxy) is 1. The van der Waals surface area contributed by atoms with Gasteiger partial charge in [-0.1, -0.05) is 30.3 Å². The second kappa shape index (κ2) is 6.52. The summed E-state index contributed by atoms with van der Waals surface area (Å²) in [6.45, 7) is 1.71. The highest BCUT2D eigenvalue weighted by molar-refractivity contribution is 6.04. The van der Waals surface area contributed by atoms with Crippen molar-refractivity contribution in [2.24, 2.45) is 5.18 Å². The van der Waals surface area contributed by atoms with E-state index in [0.717, 1.165) is 5.56 Å². The van der Waals surface area contributed by atoms with Crippen LogP contribution in [0.4, 0.5) is 0 Å². The number of rotatable bonds is 6. The summed E-state index contributed by atoms with van der Waals surface area (Å²) >= 11 is 0. The minimum Gasteiger partial charge on any atom is -0.464 e. The monoisotopic (exact) mass is 235 g/mol. The molecule has 90 valence electrons. The van der Waals surface area contributed by atoms with E-state index in [1.165, 1.54) is 0 Å². The van der Waals surface area contributed by atoms with E-state index in [9.17, 15) is 14.5 Å². The minimum absolute atomic E-state index is 0.00391. The Morgan fingerprint density at radius 1 is 1.29 bits per heavy atom. The molecule has 1 rings (SSSR count). The van der Waals surface area contributed by atoms with Crippen LogP contribution in [-0.4, -0.2) is 24.4 Å². The molecule has 0 aliphatic carbocycles. The third-order valence-electron chi connectivity index (χ3n) is 2.14. The molecule has 0 saturated carbocycles. The Morgan fingerprint density at radius 2 is 1.94 bits per heavy atom.